The molecule has 0 amide bonds. The van der Waals surface area contributed by atoms with Crippen LogP contribution in [0.1, 0.15) is 65.2 Å². The highest BCUT2D eigenvalue weighted by molar-refractivity contribution is 4.76. The minimum atomic E-state index is 0.127. The highest BCUT2D eigenvalue weighted by Crippen LogP contribution is 2.05. The molecule has 1 atom stereocenters. The molecular formula is C18H34N2O2. The summed E-state index contributed by atoms with van der Waals surface area (Å²) in [7, 11) is 0. The number of rotatable bonds is 15. The summed E-state index contributed by atoms with van der Waals surface area (Å²) in [5.41, 5.74) is 0. The fourth-order valence-electron chi connectivity index (χ4n) is 2.41. The number of unbranched alkanes of at least 4 members (excludes halogenated alkanes) is 6. The van der Waals surface area contributed by atoms with Crippen molar-refractivity contribution >= 4 is 0 Å². The Kier molecular flexibility index (Phi) is 12.0. The van der Waals surface area contributed by atoms with Crippen molar-refractivity contribution in [3.8, 4) is 0 Å². The lowest BCUT2D eigenvalue weighted by molar-refractivity contribution is -0.0265. The molecule has 1 aromatic rings. The molecule has 0 fully saturated rings. The molecule has 1 heterocycles. The zero-order valence-corrected chi connectivity index (χ0v) is 14.5. The SMILES string of the molecule is CCCCCCOCC(Cn1ccnc1)OCCCCCC. The van der Waals surface area contributed by atoms with Crippen LogP contribution in [0, 0.1) is 0 Å². The normalized spacial score (nSPS) is 12.6. The highest BCUT2D eigenvalue weighted by Gasteiger charge is 2.10. The molecule has 0 N–H and O–H groups in total. The number of nitrogens with zero attached hydrogens (tertiary/aromatic N) is 2. The van der Waals surface area contributed by atoms with E-state index in [4.69, 9.17) is 9.47 Å². The number of ether oxygens (including phenoxy) is 2. The third-order valence-electron chi connectivity index (χ3n) is 3.77. The average Bonchev–Trinajstić information content (AvgIpc) is 3.03. The Labute approximate surface area is 136 Å². The first-order valence-electron chi connectivity index (χ1n) is 9.01. The second-order valence-corrected chi connectivity index (χ2v) is 5.95. The van der Waals surface area contributed by atoms with Crippen LogP contribution in [-0.2, 0) is 16.0 Å². The van der Waals surface area contributed by atoms with E-state index in [-0.39, 0.29) is 6.10 Å². The molecule has 1 unspecified atom stereocenters. The number of imidazole rings is 1. The Hall–Kier alpha value is -0.870. The predicted octanol–water partition coefficient (Wildman–Crippen LogP) is 4.45. The Bertz CT molecular complexity index is 328. The average molecular weight is 310 g/mol. The zero-order chi connectivity index (χ0) is 15.9. The summed E-state index contributed by atoms with van der Waals surface area (Å²) in [6.07, 6.45) is 15.7. The first-order chi connectivity index (χ1) is 10.9. The molecule has 4 heteroatoms. The predicted molar refractivity (Wildman–Crippen MR) is 91.1 cm³/mol. The van der Waals surface area contributed by atoms with Crippen LogP contribution in [0.4, 0.5) is 0 Å². The fraction of sp³-hybridized carbons (Fsp3) is 0.833. The van der Waals surface area contributed by atoms with Crippen LogP contribution in [0.3, 0.4) is 0 Å². The Morgan fingerprint density at radius 3 is 2.32 bits per heavy atom. The van der Waals surface area contributed by atoms with Crippen LogP contribution >= 0.6 is 0 Å². The third-order valence-corrected chi connectivity index (χ3v) is 3.77. The quantitative estimate of drug-likeness (QED) is 0.449. The van der Waals surface area contributed by atoms with Crippen LogP contribution in [-0.4, -0.2) is 35.5 Å². The van der Waals surface area contributed by atoms with E-state index in [9.17, 15) is 0 Å². The highest BCUT2D eigenvalue weighted by atomic mass is 16.5. The van der Waals surface area contributed by atoms with Crippen molar-refractivity contribution in [2.45, 2.75) is 77.9 Å². The van der Waals surface area contributed by atoms with Gasteiger partial charge in [0.25, 0.3) is 0 Å². The lowest BCUT2D eigenvalue weighted by Crippen LogP contribution is -2.26. The summed E-state index contributed by atoms with van der Waals surface area (Å²) in [6, 6.07) is 0. The van der Waals surface area contributed by atoms with E-state index in [1.54, 1.807) is 0 Å². The third kappa shape index (κ3) is 9.96. The number of hydrogen-bond acceptors (Lipinski definition) is 3. The summed E-state index contributed by atoms with van der Waals surface area (Å²) in [5.74, 6) is 0. The van der Waals surface area contributed by atoms with Crippen molar-refractivity contribution in [2.24, 2.45) is 0 Å². The van der Waals surface area contributed by atoms with Gasteiger partial charge in [-0.3, -0.25) is 0 Å². The molecule has 0 spiro atoms. The molecule has 1 rings (SSSR count). The van der Waals surface area contributed by atoms with Gasteiger partial charge in [0.15, 0.2) is 0 Å². The molecule has 22 heavy (non-hydrogen) atoms. The van der Waals surface area contributed by atoms with E-state index < -0.39 is 0 Å². The summed E-state index contributed by atoms with van der Waals surface area (Å²) >= 11 is 0. The molecule has 128 valence electrons. The van der Waals surface area contributed by atoms with Crippen molar-refractivity contribution in [1.29, 1.82) is 0 Å². The molecule has 0 radical (unpaired) electrons. The smallest absolute Gasteiger partial charge is 0.0987 e. The maximum absolute atomic E-state index is 6.02. The standard InChI is InChI=1S/C18H34N2O2/c1-3-5-7-9-13-21-16-18(15-20-12-11-19-17-20)22-14-10-8-6-4-2/h11-12,17-18H,3-10,13-16H2,1-2H3. The fourth-order valence-corrected chi connectivity index (χ4v) is 2.41. The largest absolute Gasteiger partial charge is 0.379 e. The van der Waals surface area contributed by atoms with Gasteiger partial charge in [-0.25, -0.2) is 4.98 Å². The van der Waals surface area contributed by atoms with Crippen LogP contribution in [0.5, 0.6) is 0 Å². The molecule has 0 saturated carbocycles. The molecule has 4 nitrogen and oxygen atoms in total. The van der Waals surface area contributed by atoms with Gasteiger partial charge in [0, 0.05) is 25.6 Å². The maximum atomic E-state index is 6.02. The molecule has 0 aliphatic rings. The van der Waals surface area contributed by atoms with Gasteiger partial charge in [-0.05, 0) is 12.8 Å². The first-order valence-corrected chi connectivity index (χ1v) is 9.01. The van der Waals surface area contributed by atoms with E-state index >= 15 is 0 Å². The Morgan fingerprint density at radius 1 is 0.955 bits per heavy atom. The van der Waals surface area contributed by atoms with E-state index in [2.05, 4.69) is 23.4 Å². The van der Waals surface area contributed by atoms with E-state index in [0.717, 1.165) is 32.6 Å². The van der Waals surface area contributed by atoms with Gasteiger partial charge in [-0.1, -0.05) is 52.4 Å². The van der Waals surface area contributed by atoms with Crippen LogP contribution in [0.25, 0.3) is 0 Å². The molecule has 0 saturated heterocycles. The van der Waals surface area contributed by atoms with Crippen LogP contribution < -0.4 is 0 Å². The Morgan fingerprint density at radius 2 is 1.68 bits per heavy atom. The van der Waals surface area contributed by atoms with Crippen LogP contribution in [0.15, 0.2) is 18.7 Å². The van der Waals surface area contributed by atoms with Crippen LogP contribution in [0.2, 0.25) is 0 Å². The van der Waals surface area contributed by atoms with Gasteiger partial charge in [0.2, 0.25) is 0 Å². The van der Waals surface area contributed by atoms with E-state index in [0.29, 0.717) is 6.61 Å². The summed E-state index contributed by atoms with van der Waals surface area (Å²) in [5, 5.41) is 0. The van der Waals surface area contributed by atoms with Crippen molar-refractivity contribution in [1.82, 2.24) is 9.55 Å². The molecule has 0 aromatic carbocycles. The zero-order valence-electron chi connectivity index (χ0n) is 14.5. The van der Waals surface area contributed by atoms with Crippen molar-refractivity contribution in [2.75, 3.05) is 19.8 Å². The lowest BCUT2D eigenvalue weighted by Gasteiger charge is -2.18. The molecule has 1 aromatic heterocycles. The number of aromatic nitrogens is 2. The molecule has 0 aliphatic carbocycles. The first kappa shape index (κ1) is 19.2. The maximum Gasteiger partial charge on any atom is 0.0987 e. The topological polar surface area (TPSA) is 36.3 Å². The van der Waals surface area contributed by atoms with Gasteiger partial charge in [0.05, 0.1) is 25.6 Å². The molecule has 0 aliphatic heterocycles. The second kappa shape index (κ2) is 13.8. The van der Waals surface area contributed by atoms with E-state index in [1.807, 2.05) is 18.7 Å². The van der Waals surface area contributed by atoms with Gasteiger partial charge in [-0.15, -0.1) is 0 Å². The minimum absolute atomic E-state index is 0.127. The Balaban J connectivity index is 2.19. The summed E-state index contributed by atoms with van der Waals surface area (Å²) in [4.78, 5) is 4.09. The lowest BCUT2D eigenvalue weighted by atomic mass is 10.2. The van der Waals surface area contributed by atoms with Crippen molar-refractivity contribution in [3.63, 3.8) is 0 Å². The summed E-state index contributed by atoms with van der Waals surface area (Å²) < 4.78 is 13.9. The van der Waals surface area contributed by atoms with Gasteiger partial charge >= 0.3 is 0 Å². The minimum Gasteiger partial charge on any atom is -0.379 e. The van der Waals surface area contributed by atoms with Gasteiger partial charge in [0.1, 0.15) is 0 Å². The molecule has 0 bridgehead atoms. The van der Waals surface area contributed by atoms with Gasteiger partial charge in [-0.2, -0.15) is 0 Å². The number of hydrogen-bond donors (Lipinski definition) is 0. The van der Waals surface area contributed by atoms with Gasteiger partial charge < -0.3 is 14.0 Å². The van der Waals surface area contributed by atoms with Crippen molar-refractivity contribution < 1.29 is 9.47 Å². The molecular weight excluding hydrogens is 276 g/mol. The van der Waals surface area contributed by atoms with E-state index in [1.165, 1.54) is 38.5 Å². The van der Waals surface area contributed by atoms with Crippen molar-refractivity contribution in [3.05, 3.63) is 18.7 Å². The second-order valence-electron chi connectivity index (χ2n) is 5.95. The monoisotopic (exact) mass is 310 g/mol. The summed E-state index contributed by atoms with van der Waals surface area (Å²) in [6.45, 7) is 7.64.